The minimum atomic E-state index is -0.495. The molecule has 0 fully saturated rings. The van der Waals surface area contributed by atoms with Crippen LogP contribution in [0, 0.1) is 0 Å². The maximum absolute atomic E-state index is 11.8. The van der Waals surface area contributed by atoms with Gasteiger partial charge in [-0.25, -0.2) is 9.59 Å². The molecular formula is C33H32O6. The van der Waals surface area contributed by atoms with Crippen LogP contribution in [0.4, 0.5) is 0 Å². The van der Waals surface area contributed by atoms with Crippen LogP contribution in [0.1, 0.15) is 27.7 Å². The fourth-order valence-electron chi connectivity index (χ4n) is 3.37. The third kappa shape index (κ3) is 7.82. The van der Waals surface area contributed by atoms with Crippen molar-refractivity contribution in [2.45, 2.75) is 27.7 Å². The summed E-state index contributed by atoms with van der Waals surface area (Å²) in [7, 11) is 0. The summed E-state index contributed by atoms with van der Waals surface area (Å²) in [5, 5.41) is 0. The van der Waals surface area contributed by atoms with Crippen molar-refractivity contribution in [2.75, 3.05) is 6.61 Å². The number of esters is 2. The van der Waals surface area contributed by atoms with E-state index in [1.807, 2.05) is 54.6 Å². The Morgan fingerprint density at radius 1 is 0.692 bits per heavy atom. The van der Waals surface area contributed by atoms with E-state index < -0.39 is 11.9 Å². The van der Waals surface area contributed by atoms with E-state index in [2.05, 4.69) is 19.7 Å². The highest BCUT2D eigenvalue weighted by molar-refractivity contribution is 5.89. The third-order valence-electron chi connectivity index (χ3n) is 5.61. The van der Waals surface area contributed by atoms with Gasteiger partial charge in [-0.3, -0.25) is 0 Å². The lowest BCUT2D eigenvalue weighted by atomic mass is 9.99. The molecule has 0 aliphatic carbocycles. The fraction of sp³-hybridized carbons (Fsp3) is 0.152. The van der Waals surface area contributed by atoms with Gasteiger partial charge < -0.3 is 18.9 Å². The van der Waals surface area contributed by atoms with Crippen molar-refractivity contribution in [3.8, 4) is 39.5 Å². The molecule has 0 spiro atoms. The highest BCUT2D eigenvalue weighted by atomic mass is 16.6. The molecule has 0 aliphatic rings. The second kappa shape index (κ2) is 13.1. The number of benzene rings is 3. The Kier molecular flexibility index (Phi) is 9.65. The summed E-state index contributed by atoms with van der Waals surface area (Å²) >= 11 is 0. The van der Waals surface area contributed by atoms with E-state index in [-0.39, 0.29) is 0 Å². The van der Waals surface area contributed by atoms with Gasteiger partial charge in [-0.1, -0.05) is 62.2 Å². The Balaban J connectivity index is 1.82. The number of rotatable bonds is 11. The van der Waals surface area contributed by atoms with E-state index in [1.165, 1.54) is 0 Å². The lowest BCUT2D eigenvalue weighted by Gasteiger charge is -2.14. The maximum atomic E-state index is 11.8. The van der Waals surface area contributed by atoms with Crippen LogP contribution < -0.4 is 14.2 Å². The van der Waals surface area contributed by atoms with Crippen molar-refractivity contribution in [1.82, 2.24) is 0 Å². The van der Waals surface area contributed by atoms with Crippen LogP contribution in [0.3, 0.4) is 0 Å². The number of carbonyl (C=O) groups excluding carboxylic acids is 2. The zero-order chi connectivity index (χ0) is 28.5. The number of hydrogen-bond acceptors (Lipinski definition) is 6. The maximum Gasteiger partial charge on any atom is 0.338 e. The summed E-state index contributed by atoms with van der Waals surface area (Å²) in [4.78, 5) is 23.5. The lowest BCUT2D eigenvalue weighted by molar-refractivity contribution is -0.135. The zero-order valence-corrected chi connectivity index (χ0v) is 22.7. The monoisotopic (exact) mass is 524 g/mol. The molecule has 39 heavy (non-hydrogen) atoms. The first-order valence-electron chi connectivity index (χ1n) is 12.3. The SMILES string of the molecule is C=CCOc1cc(-c2ccc(O/C(C)=C(\C)OC(=O)C(=C)C)cc2)ccc1-c1ccc(OC(=O)C(=C)C)cc1. The summed E-state index contributed by atoms with van der Waals surface area (Å²) in [6.07, 6.45) is 1.69. The van der Waals surface area contributed by atoms with Crippen LogP contribution in [0.2, 0.25) is 0 Å². The molecule has 0 aliphatic heterocycles. The van der Waals surface area contributed by atoms with Crippen LogP contribution in [0.25, 0.3) is 22.3 Å². The molecule has 6 nitrogen and oxygen atoms in total. The summed E-state index contributed by atoms with van der Waals surface area (Å²) in [5.74, 6) is 1.61. The predicted molar refractivity (Wildman–Crippen MR) is 153 cm³/mol. The van der Waals surface area contributed by atoms with Gasteiger partial charge in [-0.2, -0.15) is 0 Å². The topological polar surface area (TPSA) is 71.1 Å². The van der Waals surface area contributed by atoms with Gasteiger partial charge in [-0.05, 0) is 74.7 Å². The molecule has 0 bridgehead atoms. The molecule has 0 radical (unpaired) electrons. The standard InChI is InChI=1S/C33H32O6/c1-8-19-36-31-20-27(13-18-30(31)26-11-16-29(17-12-26)39-33(35)22(4)5)25-9-14-28(15-10-25)37-23(6)24(7)38-32(34)21(2)3/h8-18,20H,1-2,4,19H2,3,5-7H3/b24-23+. The summed E-state index contributed by atoms with van der Waals surface area (Å²) in [5.41, 5.74) is 4.36. The Bertz CT molecular complexity index is 1430. The summed E-state index contributed by atoms with van der Waals surface area (Å²) < 4.78 is 22.4. The molecule has 0 saturated heterocycles. The third-order valence-corrected chi connectivity index (χ3v) is 5.61. The molecule has 0 atom stereocenters. The van der Waals surface area contributed by atoms with Crippen LogP contribution >= 0.6 is 0 Å². The number of allylic oxidation sites excluding steroid dienone is 2. The molecule has 6 heteroatoms. The first-order valence-corrected chi connectivity index (χ1v) is 12.3. The predicted octanol–water partition coefficient (Wildman–Crippen LogP) is 7.82. The Labute approximate surface area is 229 Å². The van der Waals surface area contributed by atoms with E-state index >= 15 is 0 Å². The average Bonchev–Trinajstić information content (AvgIpc) is 2.92. The van der Waals surface area contributed by atoms with E-state index in [0.29, 0.717) is 46.5 Å². The molecule has 0 unspecified atom stereocenters. The first-order chi connectivity index (χ1) is 18.6. The van der Waals surface area contributed by atoms with Gasteiger partial charge in [0.15, 0.2) is 0 Å². The second-order valence-electron chi connectivity index (χ2n) is 8.91. The van der Waals surface area contributed by atoms with Gasteiger partial charge in [0.2, 0.25) is 0 Å². The fourth-order valence-corrected chi connectivity index (χ4v) is 3.37. The van der Waals surface area contributed by atoms with Crippen molar-refractivity contribution in [3.05, 3.63) is 115 Å². The smallest absolute Gasteiger partial charge is 0.338 e. The molecule has 0 aromatic heterocycles. The summed E-state index contributed by atoms with van der Waals surface area (Å²) in [6.45, 7) is 17.9. The molecule has 3 aromatic rings. The normalized spacial score (nSPS) is 11.1. The van der Waals surface area contributed by atoms with Gasteiger partial charge in [-0.15, -0.1) is 0 Å². The molecule has 0 N–H and O–H groups in total. The van der Waals surface area contributed by atoms with Gasteiger partial charge in [0.25, 0.3) is 0 Å². The van der Waals surface area contributed by atoms with E-state index in [1.54, 1.807) is 45.9 Å². The van der Waals surface area contributed by atoms with Crippen LogP contribution in [0.5, 0.6) is 17.2 Å². The first kappa shape index (κ1) is 28.7. The Morgan fingerprint density at radius 2 is 1.23 bits per heavy atom. The highest BCUT2D eigenvalue weighted by Crippen LogP contribution is 2.36. The quantitative estimate of drug-likeness (QED) is 0.0837. The lowest BCUT2D eigenvalue weighted by Crippen LogP contribution is -2.07. The molecule has 200 valence electrons. The molecule has 0 saturated carbocycles. The van der Waals surface area contributed by atoms with Gasteiger partial charge in [0.05, 0.1) is 0 Å². The summed E-state index contributed by atoms with van der Waals surface area (Å²) in [6, 6.07) is 20.7. The minimum absolute atomic E-state index is 0.315. The van der Waals surface area contributed by atoms with Crippen LogP contribution in [-0.4, -0.2) is 18.5 Å². The second-order valence-corrected chi connectivity index (χ2v) is 8.91. The highest BCUT2D eigenvalue weighted by Gasteiger charge is 2.12. The van der Waals surface area contributed by atoms with Gasteiger partial charge in [0.1, 0.15) is 35.4 Å². The van der Waals surface area contributed by atoms with Gasteiger partial charge >= 0.3 is 11.9 Å². The van der Waals surface area contributed by atoms with Crippen molar-refractivity contribution in [1.29, 1.82) is 0 Å². The average molecular weight is 525 g/mol. The number of ether oxygens (including phenoxy) is 4. The minimum Gasteiger partial charge on any atom is -0.489 e. The molecular weight excluding hydrogens is 492 g/mol. The van der Waals surface area contributed by atoms with Crippen molar-refractivity contribution < 1.29 is 28.5 Å². The Morgan fingerprint density at radius 3 is 1.79 bits per heavy atom. The largest absolute Gasteiger partial charge is 0.489 e. The molecule has 0 heterocycles. The Hall–Kier alpha value is -4.84. The van der Waals surface area contributed by atoms with Crippen molar-refractivity contribution >= 4 is 11.9 Å². The molecule has 0 amide bonds. The molecule has 3 rings (SSSR count). The van der Waals surface area contributed by atoms with Crippen LogP contribution in [0.15, 0.2) is 115 Å². The number of carbonyl (C=O) groups is 2. The van der Waals surface area contributed by atoms with Crippen molar-refractivity contribution in [3.63, 3.8) is 0 Å². The van der Waals surface area contributed by atoms with Crippen molar-refractivity contribution in [2.24, 2.45) is 0 Å². The van der Waals surface area contributed by atoms with E-state index in [9.17, 15) is 9.59 Å². The van der Waals surface area contributed by atoms with E-state index in [4.69, 9.17) is 18.9 Å². The van der Waals surface area contributed by atoms with E-state index in [0.717, 1.165) is 22.3 Å². The zero-order valence-electron chi connectivity index (χ0n) is 22.7. The number of hydrogen-bond donors (Lipinski definition) is 0. The van der Waals surface area contributed by atoms with Crippen LogP contribution in [-0.2, 0) is 14.3 Å². The van der Waals surface area contributed by atoms with Gasteiger partial charge in [0, 0.05) is 16.7 Å². The molecule has 3 aromatic carbocycles.